The molecule has 0 N–H and O–H groups in total. The molecule has 1 aromatic rings. The number of hydrogen-bond acceptors (Lipinski definition) is 3. The molecule has 1 aromatic heterocycles. The van der Waals surface area contributed by atoms with Crippen molar-refractivity contribution >= 4 is 16.8 Å². The molecule has 2 aliphatic rings. The van der Waals surface area contributed by atoms with Crippen LogP contribution in [0.15, 0.2) is 6.20 Å². The number of ether oxygens (including phenoxy) is 1. The summed E-state index contributed by atoms with van der Waals surface area (Å²) in [5.41, 5.74) is 0.674. The smallest absolute Gasteiger partial charge is 0.259 e. The van der Waals surface area contributed by atoms with E-state index < -0.39 is 5.24 Å². The molecule has 0 aromatic carbocycles. The van der Waals surface area contributed by atoms with Crippen molar-refractivity contribution in [2.75, 3.05) is 6.61 Å². The summed E-state index contributed by atoms with van der Waals surface area (Å²) in [7, 11) is 0. The third-order valence-electron chi connectivity index (χ3n) is 2.96. The molecular formula is C9H9ClN2O2. The van der Waals surface area contributed by atoms with Crippen LogP contribution in [-0.4, -0.2) is 21.6 Å². The molecule has 1 aliphatic heterocycles. The van der Waals surface area contributed by atoms with Crippen molar-refractivity contribution in [2.24, 2.45) is 5.41 Å². The largest absolute Gasteiger partial charge is 0.477 e. The van der Waals surface area contributed by atoms with Gasteiger partial charge in [-0.15, -0.1) is 0 Å². The number of carbonyl (C=O) groups is 1. The molecule has 0 unspecified atom stereocenters. The minimum atomic E-state index is -0.502. The van der Waals surface area contributed by atoms with Crippen LogP contribution in [-0.2, 0) is 6.54 Å². The topological polar surface area (TPSA) is 44.1 Å². The number of carbonyl (C=O) groups excluding carboxylic acids is 1. The molecule has 0 atom stereocenters. The third-order valence-corrected chi connectivity index (χ3v) is 3.16. The maximum Gasteiger partial charge on any atom is 0.259 e. The molecule has 1 aliphatic carbocycles. The Bertz CT molecular complexity index is 409. The highest BCUT2D eigenvalue weighted by molar-refractivity contribution is 6.68. The molecular weight excluding hydrogens is 204 g/mol. The Balaban J connectivity index is 2.00. The van der Waals surface area contributed by atoms with Gasteiger partial charge in [-0.3, -0.25) is 4.79 Å². The van der Waals surface area contributed by atoms with Gasteiger partial charge in [0.1, 0.15) is 5.56 Å². The van der Waals surface area contributed by atoms with Crippen molar-refractivity contribution in [1.29, 1.82) is 0 Å². The zero-order valence-electron chi connectivity index (χ0n) is 7.49. The van der Waals surface area contributed by atoms with Crippen molar-refractivity contribution in [1.82, 2.24) is 9.78 Å². The predicted octanol–water partition coefficient (Wildman–Crippen LogP) is 1.43. The zero-order valence-corrected chi connectivity index (χ0v) is 8.25. The van der Waals surface area contributed by atoms with E-state index in [4.69, 9.17) is 16.3 Å². The van der Waals surface area contributed by atoms with Crippen LogP contribution in [0.2, 0.25) is 0 Å². The van der Waals surface area contributed by atoms with E-state index in [2.05, 4.69) is 5.10 Å². The second kappa shape index (κ2) is 2.51. The summed E-state index contributed by atoms with van der Waals surface area (Å²) >= 11 is 5.40. The lowest BCUT2D eigenvalue weighted by atomic mass is 10.1. The van der Waals surface area contributed by atoms with Gasteiger partial charge in [0.2, 0.25) is 5.88 Å². The Morgan fingerprint density at radius 3 is 3.07 bits per heavy atom. The molecule has 14 heavy (non-hydrogen) atoms. The third kappa shape index (κ3) is 1.07. The summed E-state index contributed by atoms with van der Waals surface area (Å²) in [6, 6.07) is 0. The summed E-state index contributed by atoms with van der Waals surface area (Å²) in [6.45, 7) is 1.54. The number of hydrogen-bond donors (Lipinski definition) is 0. The molecule has 0 amide bonds. The molecule has 4 nitrogen and oxygen atoms in total. The Hall–Kier alpha value is -1.03. The SMILES string of the molecule is O=C(Cl)c1cnn2c1OCC1(CC1)C2. The van der Waals surface area contributed by atoms with Crippen LogP contribution >= 0.6 is 11.6 Å². The molecule has 2 heterocycles. The van der Waals surface area contributed by atoms with Crippen molar-refractivity contribution in [3.05, 3.63) is 11.8 Å². The van der Waals surface area contributed by atoms with Crippen LogP contribution in [0.5, 0.6) is 5.88 Å². The van der Waals surface area contributed by atoms with Gasteiger partial charge < -0.3 is 4.74 Å². The molecule has 1 saturated carbocycles. The van der Waals surface area contributed by atoms with Crippen molar-refractivity contribution < 1.29 is 9.53 Å². The van der Waals surface area contributed by atoms with E-state index in [0.717, 1.165) is 6.54 Å². The highest BCUT2D eigenvalue weighted by atomic mass is 35.5. The van der Waals surface area contributed by atoms with Gasteiger partial charge in [0.05, 0.1) is 19.3 Å². The predicted molar refractivity (Wildman–Crippen MR) is 49.6 cm³/mol. The van der Waals surface area contributed by atoms with Crippen molar-refractivity contribution in [2.45, 2.75) is 19.4 Å². The number of nitrogens with zero attached hydrogens (tertiary/aromatic N) is 2. The summed E-state index contributed by atoms with van der Waals surface area (Å²) in [6.07, 6.45) is 3.86. The summed E-state index contributed by atoms with van der Waals surface area (Å²) in [5.74, 6) is 0.530. The molecule has 1 fully saturated rings. The van der Waals surface area contributed by atoms with Crippen LogP contribution in [0, 0.1) is 5.41 Å². The molecule has 0 bridgehead atoms. The maximum absolute atomic E-state index is 11.0. The van der Waals surface area contributed by atoms with E-state index in [0.29, 0.717) is 23.5 Å². The minimum Gasteiger partial charge on any atom is -0.477 e. The zero-order chi connectivity index (χ0) is 9.76. The number of halogens is 1. The van der Waals surface area contributed by atoms with Gasteiger partial charge in [-0.2, -0.15) is 5.10 Å². The first-order chi connectivity index (χ1) is 6.70. The van der Waals surface area contributed by atoms with Crippen LogP contribution in [0.25, 0.3) is 0 Å². The first kappa shape index (κ1) is 8.29. The van der Waals surface area contributed by atoms with E-state index >= 15 is 0 Å². The molecule has 74 valence electrons. The molecule has 0 radical (unpaired) electrons. The Labute approximate surface area is 85.8 Å². The number of fused-ring (bicyclic) bond motifs is 1. The molecule has 0 saturated heterocycles. The van der Waals surface area contributed by atoms with Gasteiger partial charge >= 0.3 is 0 Å². The van der Waals surface area contributed by atoms with Gasteiger partial charge in [0.25, 0.3) is 5.24 Å². The Kier molecular flexibility index (Phi) is 1.49. The lowest BCUT2D eigenvalue weighted by Gasteiger charge is -2.23. The highest BCUT2D eigenvalue weighted by Crippen LogP contribution is 2.50. The van der Waals surface area contributed by atoms with Crippen molar-refractivity contribution in [3.63, 3.8) is 0 Å². The quantitative estimate of drug-likeness (QED) is 0.662. The van der Waals surface area contributed by atoms with Gasteiger partial charge in [-0.1, -0.05) is 0 Å². The number of rotatable bonds is 1. The first-order valence-electron chi connectivity index (χ1n) is 4.59. The van der Waals surface area contributed by atoms with Gasteiger partial charge in [-0.25, -0.2) is 4.68 Å². The van der Waals surface area contributed by atoms with E-state index in [9.17, 15) is 4.79 Å². The second-order valence-electron chi connectivity index (χ2n) is 4.08. The lowest BCUT2D eigenvalue weighted by molar-refractivity contribution is 0.106. The van der Waals surface area contributed by atoms with E-state index in [1.54, 1.807) is 4.68 Å². The normalized spacial score (nSPS) is 21.5. The van der Waals surface area contributed by atoms with Gasteiger partial charge in [0.15, 0.2) is 0 Å². The Morgan fingerprint density at radius 1 is 1.64 bits per heavy atom. The van der Waals surface area contributed by atoms with Crippen LogP contribution in [0.3, 0.4) is 0 Å². The van der Waals surface area contributed by atoms with E-state index in [-0.39, 0.29) is 0 Å². The molecule has 3 rings (SSSR count). The highest BCUT2D eigenvalue weighted by Gasteiger charge is 2.47. The minimum absolute atomic E-state index is 0.297. The first-order valence-corrected chi connectivity index (χ1v) is 4.96. The average molecular weight is 213 g/mol. The van der Waals surface area contributed by atoms with E-state index in [1.165, 1.54) is 19.0 Å². The van der Waals surface area contributed by atoms with Gasteiger partial charge in [-0.05, 0) is 24.4 Å². The summed E-state index contributed by atoms with van der Waals surface area (Å²) in [4.78, 5) is 11.0. The van der Waals surface area contributed by atoms with Crippen LogP contribution in [0.4, 0.5) is 0 Å². The van der Waals surface area contributed by atoms with Crippen molar-refractivity contribution in [3.8, 4) is 5.88 Å². The Morgan fingerprint density at radius 2 is 2.43 bits per heavy atom. The fourth-order valence-corrected chi connectivity index (χ4v) is 1.97. The molecule has 1 spiro atoms. The van der Waals surface area contributed by atoms with Gasteiger partial charge in [0, 0.05) is 5.41 Å². The number of aromatic nitrogens is 2. The average Bonchev–Trinajstić information content (AvgIpc) is 2.77. The fourth-order valence-electron chi connectivity index (χ4n) is 1.84. The van der Waals surface area contributed by atoms with Crippen LogP contribution in [0.1, 0.15) is 23.2 Å². The fraction of sp³-hybridized carbons (Fsp3) is 0.556. The molecule has 5 heteroatoms. The van der Waals surface area contributed by atoms with E-state index in [1.807, 2.05) is 0 Å². The maximum atomic E-state index is 11.0. The summed E-state index contributed by atoms with van der Waals surface area (Å²) < 4.78 is 7.27. The van der Waals surface area contributed by atoms with Crippen LogP contribution < -0.4 is 4.74 Å². The lowest BCUT2D eigenvalue weighted by Crippen LogP contribution is -2.27. The summed E-state index contributed by atoms with van der Waals surface area (Å²) in [5, 5.41) is 3.60. The monoisotopic (exact) mass is 212 g/mol. The standard InChI is InChI=1S/C9H9ClN2O2/c10-7(13)6-3-11-12-4-9(1-2-9)5-14-8(6)12/h3H,1-2,4-5H2. The second-order valence-corrected chi connectivity index (χ2v) is 4.43.